The molecule has 2 heterocycles. The van der Waals surface area contributed by atoms with Crippen LogP contribution in [0.15, 0.2) is 15.9 Å². The van der Waals surface area contributed by atoms with E-state index < -0.39 is 24.9 Å². The molecule has 102 valence electrons. The number of thiophene rings is 1. The molecule has 1 atom stereocenters. The third-order valence-electron chi connectivity index (χ3n) is 2.54. The van der Waals surface area contributed by atoms with Gasteiger partial charge in [-0.1, -0.05) is 0 Å². The molecule has 8 heteroatoms. The van der Waals surface area contributed by atoms with Gasteiger partial charge in [0, 0.05) is 15.8 Å². The van der Waals surface area contributed by atoms with E-state index in [1.165, 1.54) is 11.3 Å². The van der Waals surface area contributed by atoms with Crippen molar-refractivity contribution in [2.24, 2.45) is 0 Å². The summed E-state index contributed by atoms with van der Waals surface area (Å²) in [7, 11) is 0. The maximum absolute atomic E-state index is 12.9. The third kappa shape index (κ3) is 3.88. The highest BCUT2D eigenvalue weighted by Crippen LogP contribution is 2.25. The molecule has 0 bridgehead atoms. The molecule has 1 aromatic heterocycles. The molecule has 1 amide bonds. The van der Waals surface area contributed by atoms with Crippen LogP contribution in [0.4, 0.5) is 8.78 Å². The fourth-order valence-corrected chi connectivity index (χ4v) is 3.07. The molecule has 1 aliphatic heterocycles. The minimum atomic E-state index is -2.77. The van der Waals surface area contributed by atoms with E-state index in [0.717, 1.165) is 9.35 Å². The van der Waals surface area contributed by atoms with E-state index in [1.807, 2.05) is 11.4 Å². The zero-order valence-corrected chi connectivity index (χ0v) is 12.4. The fraction of sp³-hybridized carbons (Fsp3) is 0.500. The molecule has 1 saturated heterocycles. The number of rotatable bonds is 3. The average Bonchev–Trinajstić information content (AvgIpc) is 2.81. The van der Waals surface area contributed by atoms with Gasteiger partial charge < -0.3 is 5.32 Å². The van der Waals surface area contributed by atoms with Crippen molar-refractivity contribution in [1.29, 1.82) is 0 Å². The topological polar surface area (TPSA) is 41.1 Å². The molecule has 3 nitrogen and oxygen atoms in total. The molecular weight excluding hydrogens is 350 g/mol. The summed E-state index contributed by atoms with van der Waals surface area (Å²) in [6.07, 6.45) is -0.426. The monoisotopic (exact) mass is 360 g/mol. The number of hydrogen-bond donors (Lipinski definition) is 2. The van der Waals surface area contributed by atoms with Gasteiger partial charge in [0.05, 0.1) is 19.1 Å². The van der Waals surface area contributed by atoms with Crippen LogP contribution in [0.3, 0.4) is 0 Å². The second-order valence-electron chi connectivity index (χ2n) is 3.90. The second-order valence-corrected chi connectivity index (χ2v) is 5.76. The number of amides is 1. The number of carbonyl (C=O) groups is 1. The zero-order valence-electron chi connectivity index (χ0n) is 9.21. The maximum Gasteiger partial charge on any atom is 0.262 e. The largest absolute Gasteiger partial charge is 0.350 e. The predicted molar refractivity (Wildman–Crippen MR) is 72.5 cm³/mol. The molecular formula is C10H12BrClF2N2OS. The van der Waals surface area contributed by atoms with Gasteiger partial charge >= 0.3 is 0 Å². The molecule has 18 heavy (non-hydrogen) atoms. The summed E-state index contributed by atoms with van der Waals surface area (Å²) >= 11 is 4.85. The number of hydrogen-bond acceptors (Lipinski definition) is 3. The van der Waals surface area contributed by atoms with Crippen LogP contribution in [0.25, 0.3) is 0 Å². The van der Waals surface area contributed by atoms with Crippen molar-refractivity contribution >= 4 is 45.6 Å². The van der Waals surface area contributed by atoms with E-state index in [1.54, 1.807) is 0 Å². The van der Waals surface area contributed by atoms with E-state index >= 15 is 0 Å². The van der Waals surface area contributed by atoms with Gasteiger partial charge in [0.2, 0.25) is 5.91 Å². The second kappa shape index (κ2) is 6.27. The summed E-state index contributed by atoms with van der Waals surface area (Å²) in [5, 5.41) is 7.07. The Hall–Kier alpha value is -0.240. The van der Waals surface area contributed by atoms with Gasteiger partial charge in [-0.05, 0) is 27.4 Å². The van der Waals surface area contributed by atoms with Crippen molar-refractivity contribution in [3.05, 3.63) is 20.8 Å². The highest BCUT2D eigenvalue weighted by Gasteiger charge is 2.42. The Bertz CT molecular complexity index is 430. The van der Waals surface area contributed by atoms with Crippen molar-refractivity contribution in [2.45, 2.75) is 24.9 Å². The molecule has 2 N–H and O–H groups in total. The summed E-state index contributed by atoms with van der Waals surface area (Å²) in [6.45, 7) is -0.0609. The quantitative estimate of drug-likeness (QED) is 0.869. The molecule has 2 rings (SSSR count). The first kappa shape index (κ1) is 15.8. The standard InChI is InChI=1S/C10H11BrF2N2OS.ClH/c11-6-1-2-17-8(6)4-14-9(16)7-3-10(12,13)5-15-7;/h1-2,7,15H,3-5H2,(H,14,16);1H. The van der Waals surface area contributed by atoms with Crippen molar-refractivity contribution in [3.8, 4) is 0 Å². The van der Waals surface area contributed by atoms with Crippen LogP contribution in [0, 0.1) is 0 Å². The summed E-state index contributed by atoms with van der Waals surface area (Å²) in [5.41, 5.74) is 0. The predicted octanol–water partition coefficient (Wildman–Crippen LogP) is 2.55. The average molecular weight is 362 g/mol. The van der Waals surface area contributed by atoms with Crippen molar-refractivity contribution in [3.63, 3.8) is 0 Å². The van der Waals surface area contributed by atoms with Crippen LogP contribution in [-0.4, -0.2) is 24.4 Å². The first-order valence-corrected chi connectivity index (χ1v) is 6.76. The smallest absolute Gasteiger partial charge is 0.262 e. The van der Waals surface area contributed by atoms with E-state index in [-0.39, 0.29) is 18.3 Å². The molecule has 1 fully saturated rings. The summed E-state index contributed by atoms with van der Waals surface area (Å²) in [4.78, 5) is 12.6. The third-order valence-corrected chi connectivity index (χ3v) is 4.47. The first-order chi connectivity index (χ1) is 7.98. The van der Waals surface area contributed by atoms with Gasteiger partial charge in [0.1, 0.15) is 0 Å². The molecule has 0 aliphatic carbocycles. The van der Waals surface area contributed by atoms with Crippen LogP contribution in [-0.2, 0) is 11.3 Å². The summed E-state index contributed by atoms with van der Waals surface area (Å²) in [5.74, 6) is -3.15. The Morgan fingerprint density at radius 3 is 2.89 bits per heavy atom. The SMILES string of the molecule is Cl.O=C(NCc1sccc1Br)C1CC(F)(F)CN1. The molecule has 1 aliphatic rings. The van der Waals surface area contributed by atoms with Crippen molar-refractivity contribution in [2.75, 3.05) is 6.54 Å². The Morgan fingerprint density at radius 2 is 2.39 bits per heavy atom. The van der Waals surface area contributed by atoms with Gasteiger partial charge in [-0.25, -0.2) is 8.78 Å². The Kier molecular flexibility index (Phi) is 5.51. The lowest BCUT2D eigenvalue weighted by Gasteiger charge is -2.10. The molecule has 0 radical (unpaired) electrons. The van der Waals surface area contributed by atoms with Gasteiger partial charge in [-0.3, -0.25) is 10.1 Å². The minimum Gasteiger partial charge on any atom is -0.350 e. The fourth-order valence-electron chi connectivity index (χ4n) is 1.64. The molecule has 0 saturated carbocycles. The van der Waals surface area contributed by atoms with Gasteiger partial charge in [-0.2, -0.15) is 0 Å². The Labute approximate surface area is 122 Å². The van der Waals surface area contributed by atoms with E-state index in [2.05, 4.69) is 26.6 Å². The molecule has 1 unspecified atom stereocenters. The van der Waals surface area contributed by atoms with E-state index in [4.69, 9.17) is 0 Å². The van der Waals surface area contributed by atoms with Gasteiger partial charge in [-0.15, -0.1) is 23.7 Å². The minimum absolute atomic E-state index is 0. The van der Waals surface area contributed by atoms with Gasteiger partial charge in [0.15, 0.2) is 0 Å². The van der Waals surface area contributed by atoms with Gasteiger partial charge in [0.25, 0.3) is 5.92 Å². The summed E-state index contributed by atoms with van der Waals surface area (Å²) in [6, 6.07) is 1.09. The molecule has 0 spiro atoms. The zero-order chi connectivity index (χ0) is 12.5. The van der Waals surface area contributed by atoms with Crippen LogP contribution in [0.5, 0.6) is 0 Å². The molecule has 1 aromatic rings. The maximum atomic E-state index is 12.9. The lowest BCUT2D eigenvalue weighted by molar-refractivity contribution is -0.123. The number of nitrogens with one attached hydrogen (secondary N) is 2. The number of halogens is 4. The van der Waals surface area contributed by atoms with E-state index in [9.17, 15) is 13.6 Å². The Balaban J connectivity index is 0.00000162. The van der Waals surface area contributed by atoms with Crippen LogP contribution < -0.4 is 10.6 Å². The normalized spacial score (nSPS) is 21.4. The van der Waals surface area contributed by atoms with Crippen molar-refractivity contribution < 1.29 is 13.6 Å². The summed E-state index contributed by atoms with van der Waals surface area (Å²) < 4.78 is 26.7. The Morgan fingerprint density at radius 1 is 1.67 bits per heavy atom. The highest BCUT2D eigenvalue weighted by molar-refractivity contribution is 9.10. The van der Waals surface area contributed by atoms with Crippen LogP contribution in [0.2, 0.25) is 0 Å². The van der Waals surface area contributed by atoms with E-state index in [0.29, 0.717) is 6.54 Å². The molecule has 0 aromatic carbocycles. The van der Waals surface area contributed by atoms with Crippen LogP contribution >= 0.6 is 39.7 Å². The van der Waals surface area contributed by atoms with Crippen molar-refractivity contribution in [1.82, 2.24) is 10.6 Å². The lowest BCUT2D eigenvalue weighted by Crippen LogP contribution is -2.39. The number of alkyl halides is 2. The lowest BCUT2D eigenvalue weighted by atomic mass is 10.2. The first-order valence-electron chi connectivity index (χ1n) is 5.09. The highest BCUT2D eigenvalue weighted by atomic mass is 79.9. The van der Waals surface area contributed by atoms with Crippen LogP contribution in [0.1, 0.15) is 11.3 Å². The number of carbonyl (C=O) groups excluding carboxylic acids is 1.